The number of hydrogen-bond acceptors (Lipinski definition) is 4. The smallest absolute Gasteiger partial charge is 0.136 e. The van der Waals surface area contributed by atoms with Gasteiger partial charge in [-0.3, -0.25) is 0 Å². The largest absolute Gasteiger partial charge is 0.494 e. The van der Waals surface area contributed by atoms with E-state index >= 15 is 0 Å². The van der Waals surface area contributed by atoms with Crippen molar-refractivity contribution in [2.24, 2.45) is 0 Å². The van der Waals surface area contributed by atoms with Gasteiger partial charge in [-0.15, -0.1) is 12.8 Å². The SMILES string of the molecule is C#Cc1cc(OCCCCCCOc2ccc(-c3ccc(C#N)cc3)cc2)c(C#C)cc1OCCCCCCCCCCCC. The molecule has 3 aromatic carbocycles. The van der Waals surface area contributed by atoms with Crippen LogP contribution in [0.5, 0.6) is 17.2 Å². The van der Waals surface area contributed by atoms with E-state index in [1.165, 1.54) is 57.8 Å². The summed E-state index contributed by atoms with van der Waals surface area (Å²) in [5.41, 5.74) is 4.19. The summed E-state index contributed by atoms with van der Waals surface area (Å²) in [5, 5.41) is 8.97. The Bertz CT molecular complexity index is 1390. The lowest BCUT2D eigenvalue weighted by molar-refractivity contribution is 0.285. The summed E-state index contributed by atoms with van der Waals surface area (Å²) in [6.07, 6.45) is 28.4. The van der Waals surface area contributed by atoms with Crippen molar-refractivity contribution in [2.75, 3.05) is 19.8 Å². The predicted octanol–water partition coefficient (Wildman–Crippen LogP) is 10.5. The minimum absolute atomic E-state index is 0.579. The summed E-state index contributed by atoms with van der Waals surface area (Å²) in [6, 6.07) is 21.5. The average Bonchev–Trinajstić information content (AvgIpc) is 3.08. The summed E-state index contributed by atoms with van der Waals surface area (Å²) >= 11 is 0. The van der Waals surface area contributed by atoms with E-state index < -0.39 is 0 Å². The van der Waals surface area contributed by atoms with Gasteiger partial charge in [0.1, 0.15) is 17.2 Å². The van der Waals surface area contributed by atoms with Gasteiger partial charge >= 0.3 is 0 Å². The van der Waals surface area contributed by atoms with E-state index in [4.69, 9.17) is 32.3 Å². The van der Waals surface area contributed by atoms with E-state index in [0.717, 1.165) is 49.0 Å². The van der Waals surface area contributed by atoms with Crippen LogP contribution < -0.4 is 14.2 Å². The zero-order valence-electron chi connectivity index (χ0n) is 27.1. The Balaban J connectivity index is 1.28. The molecule has 3 aromatic rings. The van der Waals surface area contributed by atoms with Crippen LogP contribution in [0.1, 0.15) is 114 Å². The van der Waals surface area contributed by atoms with Crippen LogP contribution in [0.2, 0.25) is 0 Å². The molecule has 4 heteroatoms. The van der Waals surface area contributed by atoms with Gasteiger partial charge in [0.15, 0.2) is 0 Å². The van der Waals surface area contributed by atoms with Gasteiger partial charge in [0.25, 0.3) is 0 Å². The van der Waals surface area contributed by atoms with Gasteiger partial charge < -0.3 is 14.2 Å². The number of hydrogen-bond donors (Lipinski definition) is 0. The molecule has 0 saturated carbocycles. The Kier molecular flexibility index (Phi) is 16.7. The van der Waals surface area contributed by atoms with E-state index in [2.05, 4.69) is 24.8 Å². The molecule has 0 unspecified atom stereocenters. The number of ether oxygens (including phenoxy) is 3. The fraction of sp³-hybridized carbons (Fsp3) is 0.439. The van der Waals surface area contributed by atoms with Gasteiger partial charge in [0.05, 0.1) is 42.6 Å². The summed E-state index contributed by atoms with van der Waals surface area (Å²) in [5.74, 6) is 7.63. The monoisotopic (exact) mass is 603 g/mol. The molecule has 45 heavy (non-hydrogen) atoms. The molecule has 0 aliphatic carbocycles. The van der Waals surface area contributed by atoms with Crippen LogP contribution >= 0.6 is 0 Å². The Morgan fingerprint density at radius 3 is 1.36 bits per heavy atom. The van der Waals surface area contributed by atoms with Crippen molar-refractivity contribution in [2.45, 2.75) is 96.8 Å². The van der Waals surface area contributed by atoms with Crippen molar-refractivity contribution in [3.63, 3.8) is 0 Å². The van der Waals surface area contributed by atoms with E-state index in [1.54, 1.807) is 0 Å². The second-order valence-corrected chi connectivity index (χ2v) is 11.5. The minimum atomic E-state index is 0.579. The molecule has 0 N–H and O–H groups in total. The van der Waals surface area contributed by atoms with Crippen LogP contribution in [0.4, 0.5) is 0 Å². The molecule has 0 amide bonds. The highest BCUT2D eigenvalue weighted by Crippen LogP contribution is 2.29. The van der Waals surface area contributed by atoms with Crippen LogP contribution in [0.3, 0.4) is 0 Å². The molecular weight excluding hydrogens is 554 g/mol. The minimum Gasteiger partial charge on any atom is -0.494 e. The molecule has 3 rings (SSSR count). The molecule has 0 atom stereocenters. The lowest BCUT2D eigenvalue weighted by Gasteiger charge is -2.13. The predicted molar refractivity (Wildman–Crippen MR) is 186 cm³/mol. The van der Waals surface area contributed by atoms with Crippen molar-refractivity contribution in [1.29, 1.82) is 5.26 Å². The van der Waals surface area contributed by atoms with E-state index in [9.17, 15) is 0 Å². The molecule has 236 valence electrons. The van der Waals surface area contributed by atoms with Crippen molar-refractivity contribution < 1.29 is 14.2 Å². The van der Waals surface area contributed by atoms with Gasteiger partial charge in [-0.25, -0.2) is 0 Å². The van der Waals surface area contributed by atoms with Crippen molar-refractivity contribution in [1.82, 2.24) is 0 Å². The van der Waals surface area contributed by atoms with E-state index in [0.29, 0.717) is 48.0 Å². The molecular formula is C41H49NO3. The highest BCUT2D eigenvalue weighted by molar-refractivity contribution is 5.65. The van der Waals surface area contributed by atoms with Gasteiger partial charge in [-0.2, -0.15) is 5.26 Å². The van der Waals surface area contributed by atoms with E-state index in [-0.39, 0.29) is 0 Å². The summed E-state index contributed by atoms with van der Waals surface area (Å²) in [7, 11) is 0. The maximum atomic E-state index is 8.97. The fourth-order valence-corrected chi connectivity index (χ4v) is 5.21. The maximum absolute atomic E-state index is 8.97. The molecule has 0 aromatic heterocycles. The van der Waals surface area contributed by atoms with Crippen LogP contribution in [0.25, 0.3) is 11.1 Å². The third kappa shape index (κ3) is 13.1. The first-order valence-corrected chi connectivity index (χ1v) is 16.8. The molecule has 0 fully saturated rings. The number of nitrogens with zero attached hydrogens (tertiary/aromatic N) is 1. The first kappa shape index (κ1) is 35.2. The van der Waals surface area contributed by atoms with Crippen LogP contribution in [0.15, 0.2) is 60.7 Å². The highest BCUT2D eigenvalue weighted by Gasteiger charge is 2.10. The van der Waals surface area contributed by atoms with Gasteiger partial charge in [0, 0.05) is 12.1 Å². The van der Waals surface area contributed by atoms with Gasteiger partial charge in [-0.05, 0) is 67.5 Å². The third-order valence-corrected chi connectivity index (χ3v) is 7.91. The second-order valence-electron chi connectivity index (χ2n) is 11.5. The number of nitriles is 1. The molecule has 0 spiro atoms. The zero-order chi connectivity index (χ0) is 32.0. The third-order valence-electron chi connectivity index (χ3n) is 7.91. The molecule has 4 nitrogen and oxygen atoms in total. The van der Waals surface area contributed by atoms with Crippen molar-refractivity contribution in [3.8, 4) is 59.1 Å². The number of unbranched alkanes of at least 4 members (excludes halogenated alkanes) is 12. The van der Waals surface area contributed by atoms with Gasteiger partial charge in [-0.1, -0.05) is 101 Å². The Morgan fingerprint density at radius 2 is 0.933 bits per heavy atom. The summed E-state index contributed by atoms with van der Waals surface area (Å²) < 4.78 is 18.0. The normalized spacial score (nSPS) is 10.4. The Hall–Kier alpha value is -4.33. The number of terminal acetylenes is 2. The van der Waals surface area contributed by atoms with Crippen molar-refractivity contribution >= 4 is 0 Å². The fourth-order valence-electron chi connectivity index (χ4n) is 5.21. The standard InChI is InChI=1S/C41H49NO3/c1-4-7-8-9-10-11-12-13-14-18-29-44-40-31-36(6-3)41(32-35(40)5-2)45-30-19-16-15-17-28-43-39-26-24-38(25-27-39)37-22-20-34(33-42)21-23-37/h2-3,20-27,31-32H,4,7-19,28-30H2,1H3. The van der Waals surface area contributed by atoms with E-state index in [1.807, 2.05) is 60.7 Å². The second kappa shape index (κ2) is 21.4. The van der Waals surface area contributed by atoms with Gasteiger partial charge in [0.2, 0.25) is 0 Å². The molecule has 0 saturated heterocycles. The molecule has 0 aliphatic heterocycles. The summed E-state index contributed by atoms with van der Waals surface area (Å²) in [4.78, 5) is 0. The first-order chi connectivity index (χ1) is 22.2. The molecule has 0 heterocycles. The topological polar surface area (TPSA) is 51.5 Å². The molecule has 0 radical (unpaired) electrons. The Labute approximate surface area is 272 Å². The van der Waals surface area contributed by atoms with Crippen LogP contribution in [0, 0.1) is 36.0 Å². The zero-order valence-corrected chi connectivity index (χ0v) is 27.1. The van der Waals surface area contributed by atoms with Crippen molar-refractivity contribution in [3.05, 3.63) is 77.4 Å². The lowest BCUT2D eigenvalue weighted by atomic mass is 10.0. The highest BCUT2D eigenvalue weighted by atomic mass is 16.5. The number of rotatable bonds is 22. The quantitative estimate of drug-likeness (QED) is 0.0847. The molecule has 0 aliphatic rings. The maximum Gasteiger partial charge on any atom is 0.136 e. The van der Waals surface area contributed by atoms with Crippen LogP contribution in [-0.4, -0.2) is 19.8 Å². The molecule has 0 bridgehead atoms. The first-order valence-electron chi connectivity index (χ1n) is 16.8. The average molecular weight is 604 g/mol. The lowest BCUT2D eigenvalue weighted by Crippen LogP contribution is -2.03. The Morgan fingerprint density at radius 1 is 0.533 bits per heavy atom. The summed E-state index contributed by atoms with van der Waals surface area (Å²) in [6.45, 7) is 4.15. The number of benzene rings is 3. The van der Waals surface area contributed by atoms with Crippen LogP contribution in [-0.2, 0) is 0 Å².